The Morgan fingerprint density at radius 1 is 1.07 bits per heavy atom. The number of carbonyl (C=O) groups is 2. The quantitative estimate of drug-likeness (QED) is 0.164. The summed E-state index contributed by atoms with van der Waals surface area (Å²) in [7, 11) is 0. The number of allylic oxidation sites excluding steroid dienone is 1. The van der Waals surface area contributed by atoms with E-state index in [0.29, 0.717) is 44.3 Å². The average molecular weight is 602 g/mol. The van der Waals surface area contributed by atoms with E-state index in [4.69, 9.17) is 13.9 Å². The zero-order valence-electron chi connectivity index (χ0n) is 23.8. The van der Waals surface area contributed by atoms with E-state index in [1.165, 1.54) is 10.6 Å². The highest BCUT2D eigenvalue weighted by Crippen LogP contribution is 2.33. The van der Waals surface area contributed by atoms with Crippen molar-refractivity contribution in [2.45, 2.75) is 33.7 Å². The number of furan rings is 1. The summed E-state index contributed by atoms with van der Waals surface area (Å²) in [4.78, 5) is 55.2. The van der Waals surface area contributed by atoms with E-state index in [1.807, 2.05) is 0 Å². The molecule has 0 radical (unpaired) electrons. The number of aromatic nitrogens is 1. The molecular weight excluding hydrogens is 574 g/mol. The first-order valence-electron chi connectivity index (χ1n) is 13.4. The molecule has 11 nitrogen and oxygen atoms in total. The molecule has 1 atom stereocenters. The van der Waals surface area contributed by atoms with Gasteiger partial charge in [0.25, 0.3) is 11.2 Å². The molecule has 2 aromatic carbocycles. The molecule has 0 saturated carbocycles. The molecule has 0 fully saturated rings. The maximum Gasteiger partial charge on any atom is 0.338 e. The van der Waals surface area contributed by atoms with Gasteiger partial charge in [-0.05, 0) is 57.5 Å². The molecule has 0 unspecified atom stereocenters. The van der Waals surface area contributed by atoms with Gasteiger partial charge in [0.2, 0.25) is 0 Å². The summed E-state index contributed by atoms with van der Waals surface area (Å²) >= 11 is 1.10. The fourth-order valence-corrected chi connectivity index (χ4v) is 5.86. The standard InChI is InChI=1S/C31H27N3O8S/c1-5-40-29(36)21-9-7-8-19(14-21)24-13-12-22(42-24)16-25-28(35)33-27(20-11-10-17(3)23(15-20)34(38)39)26(30(37)41-6-2)18(4)32-31(33)43-25/h7-16,27H,5-6H2,1-4H3/b25-16+/t27-/m0/s1. The molecule has 0 amide bonds. The van der Waals surface area contributed by atoms with E-state index in [2.05, 4.69) is 4.99 Å². The lowest BCUT2D eigenvalue weighted by Crippen LogP contribution is -2.40. The zero-order valence-corrected chi connectivity index (χ0v) is 24.6. The van der Waals surface area contributed by atoms with Crippen LogP contribution in [-0.4, -0.2) is 34.6 Å². The van der Waals surface area contributed by atoms with Crippen LogP contribution >= 0.6 is 11.3 Å². The third-order valence-electron chi connectivity index (χ3n) is 6.82. The smallest absolute Gasteiger partial charge is 0.338 e. The molecule has 12 heteroatoms. The molecule has 0 aliphatic carbocycles. The third kappa shape index (κ3) is 5.69. The van der Waals surface area contributed by atoms with Crippen LogP contribution in [0.4, 0.5) is 5.69 Å². The van der Waals surface area contributed by atoms with Crippen molar-refractivity contribution in [3.05, 3.63) is 118 Å². The summed E-state index contributed by atoms with van der Waals surface area (Å²) in [5.74, 6) is -0.240. The van der Waals surface area contributed by atoms with Crippen molar-refractivity contribution in [1.82, 2.24) is 4.57 Å². The summed E-state index contributed by atoms with van der Waals surface area (Å²) < 4.78 is 18.0. The van der Waals surface area contributed by atoms with Crippen molar-refractivity contribution in [2.75, 3.05) is 13.2 Å². The largest absolute Gasteiger partial charge is 0.463 e. The fourth-order valence-electron chi connectivity index (χ4n) is 4.83. The van der Waals surface area contributed by atoms with Crippen LogP contribution in [0.25, 0.3) is 17.4 Å². The van der Waals surface area contributed by atoms with Gasteiger partial charge in [-0.25, -0.2) is 14.6 Å². The summed E-state index contributed by atoms with van der Waals surface area (Å²) in [6, 6.07) is 13.9. The van der Waals surface area contributed by atoms with Gasteiger partial charge in [-0.15, -0.1) is 0 Å². The molecule has 1 aliphatic heterocycles. The highest BCUT2D eigenvalue weighted by atomic mass is 32.1. The number of rotatable bonds is 8. The lowest BCUT2D eigenvalue weighted by Gasteiger charge is -2.24. The van der Waals surface area contributed by atoms with Crippen LogP contribution in [0.3, 0.4) is 0 Å². The Kier molecular flexibility index (Phi) is 8.22. The SMILES string of the molecule is CCOC(=O)C1=C(C)N=c2s/c(=C/c3ccc(-c4cccc(C(=O)OCC)c4)o3)c(=O)n2[C@H]1c1ccc(C)c([N+](=O)[O-])c1. The molecule has 4 aromatic rings. The first kappa shape index (κ1) is 29.4. The maximum atomic E-state index is 13.9. The first-order valence-corrected chi connectivity index (χ1v) is 14.3. The minimum atomic E-state index is -0.991. The van der Waals surface area contributed by atoms with E-state index < -0.39 is 28.5 Å². The van der Waals surface area contributed by atoms with Gasteiger partial charge >= 0.3 is 11.9 Å². The third-order valence-corrected chi connectivity index (χ3v) is 7.80. The van der Waals surface area contributed by atoms with Gasteiger partial charge in [-0.3, -0.25) is 19.5 Å². The molecule has 0 saturated heterocycles. The number of carbonyl (C=O) groups excluding carboxylic acids is 2. The average Bonchev–Trinajstić information content (AvgIpc) is 3.57. The molecule has 0 N–H and O–H groups in total. The van der Waals surface area contributed by atoms with Crippen molar-refractivity contribution in [1.29, 1.82) is 0 Å². The van der Waals surface area contributed by atoms with Gasteiger partial charge in [0.1, 0.15) is 11.5 Å². The number of aryl methyl sites for hydroxylation is 1. The van der Waals surface area contributed by atoms with Crippen LogP contribution in [0.2, 0.25) is 0 Å². The second-order valence-electron chi connectivity index (χ2n) is 9.61. The number of esters is 2. The van der Waals surface area contributed by atoms with Crippen molar-refractivity contribution in [2.24, 2.45) is 4.99 Å². The van der Waals surface area contributed by atoms with Gasteiger partial charge in [0, 0.05) is 23.3 Å². The lowest BCUT2D eigenvalue weighted by molar-refractivity contribution is -0.385. The van der Waals surface area contributed by atoms with Crippen LogP contribution in [0, 0.1) is 17.0 Å². The number of nitro benzene ring substituents is 1. The number of hydrogen-bond acceptors (Lipinski definition) is 10. The number of ether oxygens (including phenoxy) is 2. The van der Waals surface area contributed by atoms with Gasteiger partial charge < -0.3 is 13.9 Å². The van der Waals surface area contributed by atoms with E-state index in [-0.39, 0.29) is 29.0 Å². The van der Waals surface area contributed by atoms with Crippen LogP contribution in [0.5, 0.6) is 0 Å². The Hall–Kier alpha value is -5.10. The number of thiazole rings is 1. The predicted molar refractivity (Wildman–Crippen MR) is 158 cm³/mol. The molecule has 3 heterocycles. The van der Waals surface area contributed by atoms with Crippen LogP contribution in [0.15, 0.2) is 80.1 Å². The monoisotopic (exact) mass is 601 g/mol. The number of benzene rings is 2. The van der Waals surface area contributed by atoms with Crippen LogP contribution < -0.4 is 14.9 Å². The Morgan fingerprint density at radius 2 is 1.81 bits per heavy atom. The Labute approximate surface area is 249 Å². The van der Waals surface area contributed by atoms with Crippen LogP contribution in [-0.2, 0) is 14.3 Å². The summed E-state index contributed by atoms with van der Waals surface area (Å²) in [5, 5.41) is 11.7. The maximum absolute atomic E-state index is 13.9. The Balaban J connectivity index is 1.61. The van der Waals surface area contributed by atoms with Gasteiger partial charge in [-0.2, -0.15) is 0 Å². The first-order chi connectivity index (χ1) is 20.6. The van der Waals surface area contributed by atoms with E-state index in [0.717, 1.165) is 11.3 Å². The minimum Gasteiger partial charge on any atom is -0.463 e. The Morgan fingerprint density at radius 3 is 2.53 bits per heavy atom. The second kappa shape index (κ2) is 12.0. The van der Waals surface area contributed by atoms with Gasteiger partial charge in [0.05, 0.1) is 45.5 Å². The molecule has 2 aromatic heterocycles. The second-order valence-corrected chi connectivity index (χ2v) is 10.6. The van der Waals surface area contributed by atoms with Crippen LogP contribution in [0.1, 0.15) is 54.1 Å². The number of fused-ring (bicyclic) bond motifs is 1. The normalized spacial score (nSPS) is 14.7. The molecule has 0 bridgehead atoms. The number of hydrogen-bond donors (Lipinski definition) is 0. The number of nitro groups is 1. The van der Waals surface area contributed by atoms with E-state index >= 15 is 0 Å². The highest BCUT2D eigenvalue weighted by Gasteiger charge is 2.34. The Bertz CT molecular complexity index is 1980. The van der Waals surface area contributed by atoms with Gasteiger partial charge in [0.15, 0.2) is 4.80 Å². The van der Waals surface area contributed by atoms with E-state index in [9.17, 15) is 24.5 Å². The van der Waals surface area contributed by atoms with Crippen molar-refractivity contribution in [3.63, 3.8) is 0 Å². The van der Waals surface area contributed by atoms with Crippen molar-refractivity contribution in [3.8, 4) is 11.3 Å². The molecule has 1 aliphatic rings. The molecule has 5 rings (SSSR count). The zero-order chi connectivity index (χ0) is 30.8. The van der Waals surface area contributed by atoms with Crippen molar-refractivity contribution >= 4 is 35.0 Å². The molecule has 43 heavy (non-hydrogen) atoms. The predicted octanol–water partition coefficient (Wildman–Crippen LogP) is 4.45. The van der Waals surface area contributed by atoms with Crippen molar-refractivity contribution < 1.29 is 28.4 Å². The molecule has 0 spiro atoms. The topological polar surface area (TPSA) is 143 Å². The molecular formula is C31H27N3O8S. The summed E-state index contributed by atoms with van der Waals surface area (Å²) in [6.07, 6.45) is 1.57. The number of nitrogens with zero attached hydrogens (tertiary/aromatic N) is 3. The van der Waals surface area contributed by atoms with E-state index in [1.54, 1.807) is 82.3 Å². The lowest BCUT2D eigenvalue weighted by atomic mass is 9.94. The summed E-state index contributed by atoms with van der Waals surface area (Å²) in [5.41, 5.74) is 1.75. The minimum absolute atomic E-state index is 0.102. The fraction of sp³-hybridized carbons (Fsp3) is 0.226. The highest BCUT2D eigenvalue weighted by molar-refractivity contribution is 7.07. The summed E-state index contributed by atoms with van der Waals surface area (Å²) in [6.45, 7) is 7.02. The van der Waals surface area contributed by atoms with Gasteiger partial charge in [-0.1, -0.05) is 35.6 Å². The molecule has 220 valence electrons.